The highest BCUT2D eigenvalue weighted by molar-refractivity contribution is 7.13. The highest BCUT2D eigenvalue weighted by atomic mass is 35.5. The molecule has 7 rings (SSSR count). The SMILES string of the molecule is CCCCN1CCC(N(Cc2cccc(CNC(=O)CCN3CCN(CCOc4cccc5ccc(-c6nc(CC(=O)NCC(=O)O)cs6)cc45)CC3)c2)C(=O)Nc2ccc(Cl)c(Cl)c2)CC1. The van der Waals surface area contributed by atoms with Crippen LogP contribution >= 0.6 is 34.5 Å². The molecule has 3 heterocycles. The number of carboxylic acids is 1. The number of carbonyl (C=O) groups is 4. The number of aliphatic carboxylic acids is 1. The van der Waals surface area contributed by atoms with E-state index in [2.05, 4.69) is 54.7 Å². The van der Waals surface area contributed by atoms with Crippen LogP contribution in [0.25, 0.3) is 21.3 Å². The van der Waals surface area contributed by atoms with Crippen LogP contribution in [0.5, 0.6) is 5.75 Å². The van der Waals surface area contributed by atoms with Gasteiger partial charge in [-0.15, -0.1) is 11.3 Å². The maximum absolute atomic E-state index is 13.9. The van der Waals surface area contributed by atoms with Gasteiger partial charge in [-0.3, -0.25) is 19.3 Å². The van der Waals surface area contributed by atoms with E-state index < -0.39 is 12.5 Å². The predicted octanol–water partition coefficient (Wildman–Crippen LogP) is 8.01. The van der Waals surface area contributed by atoms with Crippen molar-refractivity contribution in [2.24, 2.45) is 0 Å². The number of hydrogen-bond acceptors (Lipinski definition) is 10. The molecule has 5 aromatic rings. The molecule has 0 spiro atoms. The lowest BCUT2D eigenvalue weighted by Crippen LogP contribution is -2.48. The number of nitrogens with one attached hydrogen (secondary N) is 3. The second-order valence-corrected chi connectivity index (χ2v) is 18.8. The van der Waals surface area contributed by atoms with Gasteiger partial charge in [0.05, 0.1) is 22.2 Å². The number of urea groups is 1. The largest absolute Gasteiger partial charge is 0.492 e. The molecule has 4 N–H and O–H groups in total. The molecule has 4 amide bonds. The van der Waals surface area contributed by atoms with Crippen LogP contribution in [0.3, 0.4) is 0 Å². The molecule has 0 atom stereocenters. The van der Waals surface area contributed by atoms with E-state index in [0.29, 0.717) is 54.1 Å². The minimum atomic E-state index is -1.09. The summed E-state index contributed by atoms with van der Waals surface area (Å²) >= 11 is 13.8. The molecule has 2 aliphatic heterocycles. The van der Waals surface area contributed by atoms with Crippen LogP contribution in [0, 0.1) is 0 Å². The van der Waals surface area contributed by atoms with E-state index in [4.69, 9.17) is 33.0 Å². The summed E-state index contributed by atoms with van der Waals surface area (Å²) in [6.07, 6.45) is 4.56. The lowest BCUT2D eigenvalue weighted by atomic mass is 10.0. The molecule has 1 aromatic heterocycles. The van der Waals surface area contributed by atoms with Gasteiger partial charge in [0.2, 0.25) is 11.8 Å². The summed E-state index contributed by atoms with van der Waals surface area (Å²) < 4.78 is 6.34. The lowest BCUT2D eigenvalue weighted by molar-refractivity contribution is -0.137. The number of halogens is 2. The van der Waals surface area contributed by atoms with Crippen molar-refractivity contribution in [1.29, 1.82) is 0 Å². The van der Waals surface area contributed by atoms with Crippen molar-refractivity contribution >= 4 is 74.8 Å². The van der Waals surface area contributed by atoms with Crippen molar-refractivity contribution in [3.8, 4) is 16.3 Å². The Kier molecular flexibility index (Phi) is 18.3. The highest BCUT2D eigenvalue weighted by Gasteiger charge is 2.29. The molecule has 356 valence electrons. The number of likely N-dealkylation sites (tertiary alicyclic amines) is 1. The average molecular weight is 972 g/mol. The van der Waals surface area contributed by atoms with Gasteiger partial charge in [-0.1, -0.05) is 85.1 Å². The van der Waals surface area contributed by atoms with Crippen molar-refractivity contribution in [3.63, 3.8) is 0 Å². The molecule has 0 saturated carbocycles. The first-order valence-corrected chi connectivity index (χ1v) is 24.8. The number of benzene rings is 4. The number of anilines is 1. The zero-order valence-corrected chi connectivity index (χ0v) is 40.3. The second kappa shape index (κ2) is 24.6. The van der Waals surface area contributed by atoms with Gasteiger partial charge in [-0.25, -0.2) is 9.78 Å². The summed E-state index contributed by atoms with van der Waals surface area (Å²) in [6, 6.07) is 25.2. The molecule has 0 unspecified atom stereocenters. The summed E-state index contributed by atoms with van der Waals surface area (Å²) in [4.78, 5) is 63.6. The zero-order chi connectivity index (χ0) is 47.1. The van der Waals surface area contributed by atoms with Crippen LogP contribution in [0.4, 0.5) is 10.5 Å². The minimum absolute atomic E-state index is 0.00706. The molecule has 0 aliphatic carbocycles. The predicted molar refractivity (Wildman–Crippen MR) is 266 cm³/mol. The third-order valence-corrected chi connectivity index (χ3v) is 14.0. The fraction of sp³-hybridized carbons (Fsp3) is 0.420. The maximum atomic E-state index is 13.9. The Balaban J connectivity index is 0.838. The number of ether oxygens (including phenoxy) is 1. The van der Waals surface area contributed by atoms with Gasteiger partial charge in [0.15, 0.2) is 0 Å². The number of piperidine rings is 1. The van der Waals surface area contributed by atoms with E-state index in [0.717, 1.165) is 110 Å². The van der Waals surface area contributed by atoms with E-state index in [1.807, 2.05) is 58.8 Å². The normalized spacial score (nSPS) is 15.0. The third-order valence-electron chi connectivity index (χ3n) is 12.3. The van der Waals surface area contributed by atoms with E-state index in [-0.39, 0.29) is 30.3 Å². The Labute approximate surface area is 406 Å². The monoisotopic (exact) mass is 970 g/mol. The topological polar surface area (TPSA) is 160 Å². The van der Waals surface area contributed by atoms with Crippen LogP contribution in [0.2, 0.25) is 10.0 Å². The van der Waals surface area contributed by atoms with Gasteiger partial charge in [0.25, 0.3) is 0 Å². The molecular weight excluding hydrogens is 912 g/mol. The molecule has 17 heteroatoms. The number of nitrogens with zero attached hydrogens (tertiary/aromatic N) is 5. The van der Waals surface area contributed by atoms with Crippen LogP contribution in [-0.4, -0.2) is 132 Å². The van der Waals surface area contributed by atoms with Gasteiger partial charge in [0, 0.05) is 99.9 Å². The Bertz CT molecular complexity index is 2470. The van der Waals surface area contributed by atoms with Gasteiger partial charge in [-0.2, -0.15) is 0 Å². The van der Waals surface area contributed by atoms with Crippen molar-refractivity contribution < 1.29 is 29.0 Å². The molecule has 2 saturated heterocycles. The standard InChI is InChI=1S/C50H60Cl2N8O6S/c1-2-3-17-57-18-14-41(15-19-57)60(50(65)56-39-12-13-43(51)44(52)29-39)33-36-7-4-6-35(27-36)31-53-46(61)16-20-58-21-23-59(24-22-58)25-26-66-45-9-5-8-37-10-11-38(28-42(37)45)49-55-40(34-67-49)30-47(62)54-32-48(63)64/h4-13,27-29,34,41H,2-3,14-26,30-33H2,1H3,(H,53,61)(H,54,62)(H,56,65)(H,63,64). The molecule has 0 bridgehead atoms. The van der Waals surface area contributed by atoms with Gasteiger partial charge in [-0.05, 0) is 72.7 Å². The maximum Gasteiger partial charge on any atom is 0.322 e. The summed E-state index contributed by atoms with van der Waals surface area (Å²) in [5, 5.41) is 22.8. The smallest absolute Gasteiger partial charge is 0.322 e. The quantitative estimate of drug-likeness (QED) is 0.0568. The average Bonchev–Trinajstić information content (AvgIpc) is 3.80. The molecule has 14 nitrogen and oxygen atoms in total. The second-order valence-electron chi connectivity index (χ2n) is 17.2. The van der Waals surface area contributed by atoms with E-state index in [1.54, 1.807) is 18.2 Å². The number of rotatable bonds is 21. The summed E-state index contributed by atoms with van der Waals surface area (Å²) in [5.74, 6) is -0.678. The Morgan fingerprint density at radius 2 is 1.57 bits per heavy atom. The molecule has 4 aromatic carbocycles. The molecule has 2 aliphatic rings. The van der Waals surface area contributed by atoms with Crippen molar-refractivity contribution in [3.05, 3.63) is 111 Å². The number of amides is 4. The highest BCUT2D eigenvalue weighted by Crippen LogP contribution is 2.32. The van der Waals surface area contributed by atoms with Crippen molar-refractivity contribution in [2.45, 2.75) is 64.6 Å². The first-order chi connectivity index (χ1) is 32.5. The van der Waals surface area contributed by atoms with Crippen LogP contribution < -0.4 is 20.7 Å². The number of piperazine rings is 1. The van der Waals surface area contributed by atoms with Crippen molar-refractivity contribution in [2.75, 3.05) is 77.4 Å². The summed E-state index contributed by atoms with van der Waals surface area (Å²) in [5.41, 5.74) is 4.08. The van der Waals surface area contributed by atoms with Gasteiger partial charge < -0.3 is 40.5 Å². The zero-order valence-electron chi connectivity index (χ0n) is 38.0. The van der Waals surface area contributed by atoms with E-state index in [1.165, 1.54) is 17.8 Å². The number of carboxylic acid groups (broad SMARTS) is 1. The Morgan fingerprint density at radius 3 is 2.33 bits per heavy atom. The number of unbranched alkanes of at least 4 members (excludes halogenated alkanes) is 1. The van der Waals surface area contributed by atoms with Crippen LogP contribution in [0.15, 0.2) is 84.2 Å². The fourth-order valence-electron chi connectivity index (χ4n) is 8.50. The van der Waals surface area contributed by atoms with Crippen molar-refractivity contribution in [1.82, 2.24) is 35.2 Å². The molecular formula is C50H60Cl2N8O6S. The number of thiazole rings is 1. The third kappa shape index (κ3) is 14.8. The van der Waals surface area contributed by atoms with Gasteiger partial charge in [0.1, 0.15) is 23.9 Å². The Hall–Kier alpha value is -5.29. The fourth-order valence-corrected chi connectivity index (χ4v) is 9.62. The molecule has 67 heavy (non-hydrogen) atoms. The molecule has 2 fully saturated rings. The first kappa shape index (κ1) is 49.6. The molecule has 0 radical (unpaired) electrons. The first-order valence-electron chi connectivity index (χ1n) is 23.1. The van der Waals surface area contributed by atoms with Crippen LogP contribution in [0.1, 0.15) is 55.8 Å². The summed E-state index contributed by atoms with van der Waals surface area (Å²) in [6.45, 7) is 11.2. The van der Waals surface area contributed by atoms with E-state index in [9.17, 15) is 19.2 Å². The van der Waals surface area contributed by atoms with E-state index >= 15 is 0 Å². The summed E-state index contributed by atoms with van der Waals surface area (Å²) in [7, 11) is 0. The number of carbonyl (C=O) groups excluding carboxylic acids is 3. The number of aromatic nitrogens is 1. The van der Waals surface area contributed by atoms with Gasteiger partial charge >= 0.3 is 12.0 Å². The number of fused-ring (bicyclic) bond motifs is 1. The number of hydrogen-bond donors (Lipinski definition) is 4. The van der Waals surface area contributed by atoms with Crippen LogP contribution in [-0.2, 0) is 33.9 Å². The lowest BCUT2D eigenvalue weighted by Gasteiger charge is -2.38. The minimum Gasteiger partial charge on any atom is -0.492 e. The Morgan fingerprint density at radius 1 is 0.821 bits per heavy atom.